The van der Waals surface area contributed by atoms with Crippen molar-refractivity contribution in [1.82, 2.24) is 24.0 Å². The number of fused-ring (bicyclic) bond motifs is 1. The topological polar surface area (TPSA) is 73.8 Å². The highest BCUT2D eigenvalue weighted by atomic mass is 35.5. The number of nitrogens with one attached hydrogen (secondary N) is 1. The van der Waals surface area contributed by atoms with E-state index in [9.17, 15) is 9.59 Å². The SMILES string of the molecule is CCCCn1c(CC)nc2c1c(=O)n(C)c(=O)n2C.CNC.Cl. The van der Waals surface area contributed by atoms with E-state index in [2.05, 4.69) is 17.2 Å². The third kappa shape index (κ3) is 4.23. The molecule has 0 spiro atoms. The maximum atomic E-state index is 12.3. The Morgan fingerprint density at radius 3 is 2.13 bits per heavy atom. The average Bonchev–Trinajstić information content (AvgIpc) is 2.88. The maximum absolute atomic E-state index is 12.3. The van der Waals surface area contributed by atoms with E-state index in [1.807, 2.05) is 25.6 Å². The van der Waals surface area contributed by atoms with Gasteiger partial charge < -0.3 is 9.88 Å². The highest BCUT2D eigenvalue weighted by Gasteiger charge is 2.17. The van der Waals surface area contributed by atoms with Crippen LogP contribution in [-0.2, 0) is 27.1 Å². The summed E-state index contributed by atoms with van der Waals surface area (Å²) >= 11 is 0. The number of unbranched alkanes of at least 4 members (excludes halogenated alkanes) is 1. The van der Waals surface area contributed by atoms with E-state index in [-0.39, 0.29) is 23.7 Å². The first-order chi connectivity index (χ1) is 10.4. The highest BCUT2D eigenvalue weighted by molar-refractivity contribution is 5.85. The molecule has 8 heteroatoms. The van der Waals surface area contributed by atoms with E-state index in [1.54, 1.807) is 7.05 Å². The van der Waals surface area contributed by atoms with Crippen molar-refractivity contribution in [2.45, 2.75) is 39.7 Å². The highest BCUT2D eigenvalue weighted by Crippen LogP contribution is 2.12. The van der Waals surface area contributed by atoms with E-state index in [1.165, 1.54) is 11.6 Å². The zero-order valence-corrected chi connectivity index (χ0v) is 15.7. The van der Waals surface area contributed by atoms with E-state index in [4.69, 9.17) is 0 Å². The fourth-order valence-electron chi connectivity index (χ4n) is 2.32. The zero-order valence-electron chi connectivity index (χ0n) is 14.8. The molecule has 1 N–H and O–H groups in total. The molecule has 0 aromatic carbocycles. The molecule has 2 rings (SSSR count). The summed E-state index contributed by atoms with van der Waals surface area (Å²) in [6.07, 6.45) is 2.79. The van der Waals surface area contributed by atoms with Gasteiger partial charge in [-0.15, -0.1) is 12.4 Å². The Bertz CT molecular complexity index is 745. The summed E-state index contributed by atoms with van der Waals surface area (Å²) in [6.45, 7) is 4.88. The van der Waals surface area contributed by atoms with Gasteiger partial charge >= 0.3 is 5.69 Å². The predicted molar refractivity (Wildman–Crippen MR) is 96.7 cm³/mol. The van der Waals surface area contributed by atoms with Crippen LogP contribution in [0.3, 0.4) is 0 Å². The Morgan fingerprint density at radius 1 is 1.09 bits per heavy atom. The lowest BCUT2D eigenvalue weighted by Gasteiger charge is -2.07. The number of aromatic nitrogens is 4. The lowest BCUT2D eigenvalue weighted by molar-refractivity contribution is 0.615. The minimum Gasteiger partial charge on any atom is -0.323 e. The summed E-state index contributed by atoms with van der Waals surface area (Å²) in [6, 6.07) is 0. The van der Waals surface area contributed by atoms with Crippen LogP contribution in [0.2, 0.25) is 0 Å². The van der Waals surface area contributed by atoms with Crippen molar-refractivity contribution in [1.29, 1.82) is 0 Å². The van der Waals surface area contributed by atoms with Crippen LogP contribution in [0.4, 0.5) is 0 Å². The lowest BCUT2D eigenvalue weighted by Crippen LogP contribution is -2.37. The molecule has 23 heavy (non-hydrogen) atoms. The van der Waals surface area contributed by atoms with Crippen LogP contribution in [0.5, 0.6) is 0 Å². The fourth-order valence-corrected chi connectivity index (χ4v) is 2.32. The second-order valence-electron chi connectivity index (χ2n) is 5.26. The molecule has 132 valence electrons. The van der Waals surface area contributed by atoms with E-state index in [0.29, 0.717) is 11.2 Å². The summed E-state index contributed by atoms with van der Waals surface area (Å²) in [7, 11) is 6.91. The standard InChI is InChI=1S/C13H20N4O2.C2H7N.ClH/c1-5-7-8-17-9(6-2)14-11-10(17)12(18)16(4)13(19)15(11)3;1-3-2;/h5-8H2,1-4H3;3H,1-2H3;1H. The lowest BCUT2D eigenvalue weighted by atomic mass is 10.3. The Labute approximate surface area is 142 Å². The van der Waals surface area contributed by atoms with Crippen LogP contribution in [0.25, 0.3) is 11.2 Å². The molecular formula is C15H28ClN5O2. The van der Waals surface area contributed by atoms with Crippen LogP contribution in [0.1, 0.15) is 32.5 Å². The zero-order chi connectivity index (χ0) is 16.9. The summed E-state index contributed by atoms with van der Waals surface area (Å²) in [5, 5.41) is 2.75. The van der Waals surface area contributed by atoms with Crippen molar-refractivity contribution in [3.05, 3.63) is 26.7 Å². The summed E-state index contributed by atoms with van der Waals surface area (Å²) in [4.78, 5) is 28.7. The van der Waals surface area contributed by atoms with E-state index in [0.717, 1.165) is 36.2 Å². The van der Waals surface area contributed by atoms with Gasteiger partial charge in [0.1, 0.15) is 5.82 Å². The van der Waals surface area contributed by atoms with E-state index < -0.39 is 0 Å². The van der Waals surface area contributed by atoms with Crippen molar-refractivity contribution in [3.8, 4) is 0 Å². The summed E-state index contributed by atoms with van der Waals surface area (Å²) in [5.74, 6) is 0.863. The molecule has 2 aromatic rings. The minimum absolute atomic E-state index is 0. The van der Waals surface area contributed by atoms with Crippen molar-refractivity contribution < 1.29 is 0 Å². The third-order valence-electron chi connectivity index (χ3n) is 3.48. The summed E-state index contributed by atoms with van der Waals surface area (Å²) in [5.41, 5.74) is 0.428. The van der Waals surface area contributed by atoms with E-state index >= 15 is 0 Å². The number of hydrogen-bond acceptors (Lipinski definition) is 4. The van der Waals surface area contributed by atoms with Crippen molar-refractivity contribution in [3.63, 3.8) is 0 Å². The summed E-state index contributed by atoms with van der Waals surface area (Å²) < 4.78 is 4.55. The Kier molecular flexibility index (Phi) is 8.86. The Balaban J connectivity index is 0.00000112. The van der Waals surface area contributed by atoms with Crippen molar-refractivity contribution in [2.24, 2.45) is 14.1 Å². The first-order valence-electron chi connectivity index (χ1n) is 7.68. The van der Waals surface area contributed by atoms with Gasteiger partial charge in [-0.25, -0.2) is 9.78 Å². The number of hydrogen-bond donors (Lipinski definition) is 1. The van der Waals surface area contributed by atoms with Gasteiger partial charge in [-0.3, -0.25) is 13.9 Å². The number of imidazole rings is 1. The van der Waals surface area contributed by atoms with Crippen LogP contribution in [0, 0.1) is 0 Å². The molecule has 0 saturated carbocycles. The number of halogens is 1. The molecule has 0 radical (unpaired) electrons. The molecule has 0 atom stereocenters. The quantitative estimate of drug-likeness (QED) is 0.899. The van der Waals surface area contributed by atoms with Gasteiger partial charge in [0.2, 0.25) is 0 Å². The predicted octanol–water partition coefficient (Wildman–Crippen LogP) is 1.05. The molecule has 2 heterocycles. The molecule has 0 aliphatic rings. The number of nitrogens with zero attached hydrogens (tertiary/aromatic N) is 4. The van der Waals surface area contributed by atoms with Gasteiger partial charge in [0, 0.05) is 27.1 Å². The number of rotatable bonds is 4. The van der Waals surface area contributed by atoms with Gasteiger partial charge in [0.15, 0.2) is 11.2 Å². The average molecular weight is 346 g/mol. The van der Waals surface area contributed by atoms with Crippen molar-refractivity contribution >= 4 is 23.6 Å². The molecule has 0 saturated heterocycles. The normalized spacial score (nSPS) is 10.2. The smallest absolute Gasteiger partial charge is 0.323 e. The first-order valence-corrected chi connectivity index (χ1v) is 7.68. The molecule has 0 bridgehead atoms. The molecule has 7 nitrogen and oxygen atoms in total. The third-order valence-corrected chi connectivity index (χ3v) is 3.48. The Hall–Kier alpha value is -1.60. The second-order valence-corrected chi connectivity index (χ2v) is 5.26. The molecule has 0 aliphatic heterocycles. The largest absolute Gasteiger partial charge is 0.332 e. The van der Waals surface area contributed by atoms with Crippen LogP contribution in [0.15, 0.2) is 9.59 Å². The monoisotopic (exact) mass is 345 g/mol. The van der Waals surface area contributed by atoms with Crippen LogP contribution in [-0.4, -0.2) is 32.8 Å². The van der Waals surface area contributed by atoms with Crippen molar-refractivity contribution in [2.75, 3.05) is 14.1 Å². The maximum Gasteiger partial charge on any atom is 0.332 e. The molecule has 0 aliphatic carbocycles. The minimum atomic E-state index is -0.333. The van der Waals surface area contributed by atoms with Gasteiger partial charge in [-0.2, -0.15) is 0 Å². The van der Waals surface area contributed by atoms with Crippen LogP contribution >= 0.6 is 12.4 Å². The van der Waals surface area contributed by atoms with Gasteiger partial charge in [0.05, 0.1) is 0 Å². The van der Waals surface area contributed by atoms with Gasteiger partial charge in [-0.1, -0.05) is 20.3 Å². The fraction of sp³-hybridized carbons (Fsp3) is 0.667. The molecule has 0 unspecified atom stereocenters. The Morgan fingerprint density at radius 2 is 1.65 bits per heavy atom. The first kappa shape index (κ1) is 21.4. The molecule has 0 fully saturated rings. The molecule has 0 amide bonds. The van der Waals surface area contributed by atoms with Gasteiger partial charge in [-0.05, 0) is 20.5 Å². The second kappa shape index (κ2) is 9.52. The van der Waals surface area contributed by atoms with Crippen LogP contribution < -0.4 is 16.6 Å². The molecule has 2 aromatic heterocycles. The van der Waals surface area contributed by atoms with Gasteiger partial charge in [0.25, 0.3) is 5.56 Å². The molecular weight excluding hydrogens is 318 g/mol. The number of aryl methyl sites for hydroxylation is 3.